The van der Waals surface area contributed by atoms with Crippen molar-refractivity contribution in [2.24, 2.45) is 0 Å². The lowest BCUT2D eigenvalue weighted by atomic mass is 10.1. The van der Waals surface area contributed by atoms with Crippen LogP contribution in [0.2, 0.25) is 0 Å². The summed E-state index contributed by atoms with van der Waals surface area (Å²) in [7, 11) is 0. The number of aryl methyl sites for hydroxylation is 1. The van der Waals surface area contributed by atoms with Gasteiger partial charge in [0, 0.05) is 24.2 Å². The highest BCUT2D eigenvalue weighted by Gasteiger charge is 2.09. The highest BCUT2D eigenvalue weighted by Crippen LogP contribution is 2.16. The Morgan fingerprint density at radius 3 is 2.30 bits per heavy atom. The Bertz CT molecular complexity index is 1350. The molecule has 0 radical (unpaired) electrons. The van der Waals surface area contributed by atoms with E-state index in [0.29, 0.717) is 17.1 Å². The lowest BCUT2D eigenvalue weighted by Crippen LogP contribution is -2.36. The first-order valence-electron chi connectivity index (χ1n) is 10.6. The number of hydrogen-bond donors (Lipinski definition) is 1. The highest BCUT2D eigenvalue weighted by molar-refractivity contribution is 5.75. The van der Waals surface area contributed by atoms with Crippen LogP contribution in [0.25, 0.3) is 22.7 Å². The number of aromatic nitrogens is 4. The van der Waals surface area contributed by atoms with E-state index in [4.69, 9.17) is 4.42 Å². The second kappa shape index (κ2) is 9.90. The molecule has 0 bridgehead atoms. The van der Waals surface area contributed by atoms with Gasteiger partial charge in [0.25, 0.3) is 11.1 Å². The molecule has 4 aromatic rings. The van der Waals surface area contributed by atoms with Crippen molar-refractivity contribution < 1.29 is 9.21 Å². The topological polar surface area (TPSA) is 112 Å². The zero-order chi connectivity index (χ0) is 23.2. The van der Waals surface area contributed by atoms with E-state index in [2.05, 4.69) is 22.4 Å². The zero-order valence-corrected chi connectivity index (χ0v) is 18.1. The summed E-state index contributed by atoms with van der Waals surface area (Å²) < 4.78 is 7.68. The molecular formula is C24H23N5O4. The third-order valence-corrected chi connectivity index (χ3v) is 5.10. The maximum Gasteiger partial charge on any atom is 0.267 e. The largest absolute Gasteiger partial charge is 0.463 e. The van der Waals surface area contributed by atoms with Crippen molar-refractivity contribution in [1.29, 1.82) is 0 Å². The summed E-state index contributed by atoms with van der Waals surface area (Å²) in [6.07, 6.45) is 2.46. The normalized spacial score (nSPS) is 10.8. The van der Waals surface area contributed by atoms with Crippen LogP contribution < -0.4 is 16.4 Å². The number of furan rings is 1. The van der Waals surface area contributed by atoms with E-state index in [1.54, 1.807) is 24.3 Å². The number of rotatable bonds is 8. The Labute approximate surface area is 189 Å². The number of carbonyl (C=O) groups is 1. The van der Waals surface area contributed by atoms with Crippen LogP contribution in [-0.4, -0.2) is 32.0 Å². The van der Waals surface area contributed by atoms with Gasteiger partial charge in [-0.3, -0.25) is 14.4 Å². The molecule has 1 aromatic carbocycles. The molecule has 0 aliphatic heterocycles. The molecule has 0 fully saturated rings. The van der Waals surface area contributed by atoms with Crippen LogP contribution in [0.4, 0.5) is 0 Å². The number of nitrogens with zero attached hydrogens (tertiary/aromatic N) is 4. The van der Waals surface area contributed by atoms with E-state index < -0.39 is 5.91 Å². The summed E-state index contributed by atoms with van der Waals surface area (Å²) in [5, 5.41) is 11.3. The third-order valence-electron chi connectivity index (χ3n) is 5.10. The minimum atomic E-state index is -0.390. The van der Waals surface area contributed by atoms with Gasteiger partial charge in [-0.15, -0.1) is 0 Å². The average molecular weight is 445 g/mol. The van der Waals surface area contributed by atoms with Crippen LogP contribution in [0.1, 0.15) is 12.5 Å². The first kappa shape index (κ1) is 21.9. The smallest absolute Gasteiger partial charge is 0.267 e. The van der Waals surface area contributed by atoms with E-state index >= 15 is 0 Å². The Balaban J connectivity index is 1.39. The standard InChI is InChI=1S/C24H23N5O4/c1-2-17-5-7-18(8-6-17)19-9-11-24(32)29(26-19)16-22(30)25-13-14-28-23(31)12-10-20(27-28)21-4-3-15-33-21/h3-12,15H,2,13-14,16H2,1H3,(H,25,30). The average Bonchev–Trinajstić information content (AvgIpc) is 3.37. The molecule has 0 atom stereocenters. The van der Waals surface area contributed by atoms with E-state index in [1.807, 2.05) is 24.3 Å². The summed E-state index contributed by atoms with van der Waals surface area (Å²) in [5.74, 6) is 0.153. The molecular weight excluding hydrogens is 422 g/mol. The van der Waals surface area contributed by atoms with Gasteiger partial charge in [0.1, 0.15) is 12.2 Å². The van der Waals surface area contributed by atoms with Crippen molar-refractivity contribution in [2.45, 2.75) is 26.4 Å². The first-order chi connectivity index (χ1) is 16.0. The van der Waals surface area contributed by atoms with Crippen LogP contribution in [0.5, 0.6) is 0 Å². The molecule has 1 amide bonds. The predicted octanol–water partition coefficient (Wildman–Crippen LogP) is 2.11. The second-order valence-corrected chi connectivity index (χ2v) is 7.37. The molecule has 3 heterocycles. The van der Waals surface area contributed by atoms with E-state index in [1.165, 1.54) is 28.6 Å². The monoisotopic (exact) mass is 445 g/mol. The molecule has 9 heteroatoms. The molecule has 0 aliphatic rings. The molecule has 0 saturated carbocycles. The van der Waals surface area contributed by atoms with Gasteiger partial charge in [0.05, 0.1) is 18.5 Å². The Morgan fingerprint density at radius 1 is 0.909 bits per heavy atom. The predicted molar refractivity (Wildman–Crippen MR) is 123 cm³/mol. The molecule has 9 nitrogen and oxygen atoms in total. The van der Waals surface area contributed by atoms with Crippen molar-refractivity contribution in [3.8, 4) is 22.7 Å². The van der Waals surface area contributed by atoms with Crippen molar-refractivity contribution >= 4 is 5.91 Å². The number of amides is 1. The fourth-order valence-corrected chi connectivity index (χ4v) is 3.29. The Morgan fingerprint density at radius 2 is 1.61 bits per heavy atom. The van der Waals surface area contributed by atoms with Gasteiger partial charge in [0.15, 0.2) is 5.76 Å². The molecule has 0 saturated heterocycles. The van der Waals surface area contributed by atoms with Crippen molar-refractivity contribution in [3.05, 3.63) is 93.2 Å². The van der Waals surface area contributed by atoms with Crippen LogP contribution in [-0.2, 0) is 24.3 Å². The van der Waals surface area contributed by atoms with E-state index in [-0.39, 0.29) is 30.8 Å². The van der Waals surface area contributed by atoms with Gasteiger partial charge in [-0.1, -0.05) is 31.2 Å². The second-order valence-electron chi connectivity index (χ2n) is 7.37. The van der Waals surface area contributed by atoms with Gasteiger partial charge >= 0.3 is 0 Å². The molecule has 3 aromatic heterocycles. The highest BCUT2D eigenvalue weighted by atomic mass is 16.3. The van der Waals surface area contributed by atoms with Crippen LogP contribution in [0, 0.1) is 0 Å². The quantitative estimate of drug-likeness (QED) is 0.445. The molecule has 4 rings (SSSR count). The molecule has 0 aliphatic carbocycles. The number of carbonyl (C=O) groups excluding carboxylic acids is 1. The maximum absolute atomic E-state index is 12.4. The fraction of sp³-hybridized carbons (Fsp3) is 0.208. The van der Waals surface area contributed by atoms with Gasteiger partial charge in [-0.25, -0.2) is 9.36 Å². The number of hydrogen-bond acceptors (Lipinski definition) is 6. The third kappa shape index (κ3) is 5.32. The maximum atomic E-state index is 12.4. The molecule has 33 heavy (non-hydrogen) atoms. The Kier molecular flexibility index (Phi) is 6.58. The fourth-order valence-electron chi connectivity index (χ4n) is 3.29. The summed E-state index contributed by atoms with van der Waals surface area (Å²) in [4.78, 5) is 36.6. The summed E-state index contributed by atoms with van der Waals surface area (Å²) in [6.45, 7) is 2.19. The molecule has 0 spiro atoms. The number of benzene rings is 1. The SMILES string of the molecule is CCc1ccc(-c2ccc(=O)n(CC(=O)NCCn3nc(-c4ccco4)ccc3=O)n2)cc1. The molecule has 0 unspecified atom stereocenters. The Hall–Kier alpha value is -4.27. The molecule has 1 N–H and O–H groups in total. The van der Waals surface area contributed by atoms with Crippen LogP contribution in [0.3, 0.4) is 0 Å². The summed E-state index contributed by atoms with van der Waals surface area (Å²) >= 11 is 0. The summed E-state index contributed by atoms with van der Waals surface area (Å²) in [6, 6.07) is 17.4. The van der Waals surface area contributed by atoms with Crippen molar-refractivity contribution in [2.75, 3.05) is 6.54 Å². The summed E-state index contributed by atoms with van der Waals surface area (Å²) in [5.41, 5.74) is 2.53. The van der Waals surface area contributed by atoms with Crippen molar-refractivity contribution in [3.63, 3.8) is 0 Å². The van der Waals surface area contributed by atoms with Gasteiger partial charge in [-0.2, -0.15) is 10.2 Å². The zero-order valence-electron chi connectivity index (χ0n) is 18.1. The minimum absolute atomic E-state index is 0.167. The van der Waals surface area contributed by atoms with Crippen molar-refractivity contribution in [1.82, 2.24) is 24.9 Å². The lowest BCUT2D eigenvalue weighted by Gasteiger charge is -2.10. The number of nitrogens with one attached hydrogen (secondary N) is 1. The lowest BCUT2D eigenvalue weighted by molar-refractivity contribution is -0.121. The van der Waals surface area contributed by atoms with Gasteiger partial charge < -0.3 is 9.73 Å². The van der Waals surface area contributed by atoms with Crippen LogP contribution in [0.15, 0.2) is 80.9 Å². The molecule has 168 valence electrons. The minimum Gasteiger partial charge on any atom is -0.463 e. The van der Waals surface area contributed by atoms with E-state index in [9.17, 15) is 14.4 Å². The van der Waals surface area contributed by atoms with Crippen LogP contribution >= 0.6 is 0 Å². The van der Waals surface area contributed by atoms with Gasteiger partial charge in [-0.05, 0) is 36.2 Å². The first-order valence-corrected chi connectivity index (χ1v) is 10.6. The van der Waals surface area contributed by atoms with Gasteiger partial charge in [0.2, 0.25) is 5.91 Å². The van der Waals surface area contributed by atoms with E-state index in [0.717, 1.165) is 16.7 Å².